The van der Waals surface area contributed by atoms with Crippen molar-refractivity contribution in [2.75, 3.05) is 12.8 Å². The molecule has 4 rings (SSSR count). The number of hydrogen-bond acceptors (Lipinski definition) is 6. The van der Waals surface area contributed by atoms with Crippen LogP contribution < -0.4 is 16.0 Å². The number of fused-ring (bicyclic) bond motifs is 3. The zero-order valence-corrected chi connectivity index (χ0v) is 24.2. The van der Waals surface area contributed by atoms with Crippen LogP contribution in [0, 0.1) is 17.3 Å². The van der Waals surface area contributed by atoms with Crippen molar-refractivity contribution in [2.24, 2.45) is 17.3 Å². The van der Waals surface area contributed by atoms with E-state index in [9.17, 15) is 45.2 Å². The molecule has 3 N–H and O–H groups in total. The summed E-state index contributed by atoms with van der Waals surface area (Å²) in [5.41, 5.74) is -1.35. The number of hydrogen-bond donors (Lipinski definition) is 3. The number of halogens is 6. The Morgan fingerprint density at radius 2 is 1.74 bits per heavy atom. The van der Waals surface area contributed by atoms with Gasteiger partial charge in [-0.1, -0.05) is 20.8 Å². The minimum Gasteiger partial charge on any atom is -0.356 e. The van der Waals surface area contributed by atoms with Crippen molar-refractivity contribution < 1.29 is 53.9 Å². The second-order valence-electron chi connectivity index (χ2n) is 12.1. The van der Waals surface area contributed by atoms with Gasteiger partial charge >= 0.3 is 12.1 Å². The molecular weight excluding hydrogens is 598 g/mol. The first-order valence-electron chi connectivity index (χ1n) is 13.3. The van der Waals surface area contributed by atoms with E-state index in [4.69, 9.17) is 0 Å². The van der Waals surface area contributed by atoms with Crippen molar-refractivity contribution in [3.8, 4) is 0 Å². The number of nitrogens with one attached hydrogen (secondary N) is 3. The summed E-state index contributed by atoms with van der Waals surface area (Å²) in [5, 5.41) is 4.81. The topological polar surface area (TPSA) is 142 Å². The Balaban J connectivity index is 2.00. The quantitative estimate of drug-likeness (QED) is 0.350. The van der Waals surface area contributed by atoms with E-state index in [-0.39, 0.29) is 32.2 Å². The van der Waals surface area contributed by atoms with E-state index in [0.29, 0.717) is 12.3 Å². The molecule has 1 saturated carbocycles. The number of carbonyl (C=O) groups excluding carboxylic acids is 4. The fourth-order valence-electron chi connectivity index (χ4n) is 5.73. The van der Waals surface area contributed by atoms with Crippen LogP contribution in [0.25, 0.3) is 0 Å². The van der Waals surface area contributed by atoms with Crippen LogP contribution in [0.4, 0.5) is 26.3 Å². The van der Waals surface area contributed by atoms with Crippen LogP contribution in [0.5, 0.6) is 0 Å². The van der Waals surface area contributed by atoms with Crippen LogP contribution in [0.3, 0.4) is 0 Å². The van der Waals surface area contributed by atoms with Crippen LogP contribution >= 0.6 is 0 Å². The highest BCUT2D eigenvalue weighted by Crippen LogP contribution is 2.49. The molecule has 10 nitrogen and oxygen atoms in total. The van der Waals surface area contributed by atoms with Gasteiger partial charge in [-0.2, -0.15) is 17.6 Å². The van der Waals surface area contributed by atoms with Crippen molar-refractivity contribution in [2.45, 2.75) is 89.1 Å². The van der Waals surface area contributed by atoms with Gasteiger partial charge in [0.1, 0.15) is 12.1 Å². The summed E-state index contributed by atoms with van der Waals surface area (Å²) >= 11 is 0. The summed E-state index contributed by atoms with van der Waals surface area (Å²) in [6, 6.07) is -6.56. The molecule has 17 heteroatoms. The lowest BCUT2D eigenvalue weighted by atomic mass is 9.70. The lowest BCUT2D eigenvalue weighted by Crippen LogP contribution is -2.71. The van der Waals surface area contributed by atoms with Crippen molar-refractivity contribution in [1.82, 2.24) is 20.9 Å². The summed E-state index contributed by atoms with van der Waals surface area (Å²) in [5.74, 6) is -11.3. The molecule has 42 heavy (non-hydrogen) atoms. The monoisotopic (exact) mass is 632 g/mol. The number of piperidine rings is 2. The molecule has 3 heterocycles. The number of rotatable bonds is 8. The third-order valence-corrected chi connectivity index (χ3v) is 8.66. The van der Waals surface area contributed by atoms with E-state index >= 15 is 8.78 Å². The van der Waals surface area contributed by atoms with Crippen LogP contribution in [0.2, 0.25) is 0 Å². The third kappa shape index (κ3) is 7.37. The highest BCUT2D eigenvalue weighted by molar-refractivity contribution is 7.94. The van der Waals surface area contributed by atoms with Crippen LogP contribution in [-0.4, -0.2) is 86.0 Å². The van der Waals surface area contributed by atoms with Crippen LogP contribution in [0.1, 0.15) is 52.9 Å². The second kappa shape index (κ2) is 11.7. The van der Waals surface area contributed by atoms with Gasteiger partial charge in [0.25, 0.3) is 5.92 Å². The maximum Gasteiger partial charge on any atom is 0.471 e. The average molecular weight is 633 g/mol. The first-order chi connectivity index (χ1) is 19.0. The van der Waals surface area contributed by atoms with Gasteiger partial charge in [0, 0.05) is 31.2 Å². The standard InChI is InChI=1S/C25H34F6N4O6S/c1-23(2,3)18(34-22(39)25(29,30)31)21(38)35-14-5-6-15(24(27,28)11-14)17(35)20(37)33-13(10-16(26)42(4,40)41)9-12-7-8-32-19(12)36/h10,12-15,17-18H,5-9,11H2,1-4H3,(H,32,36)(H,33,37)(H,34,39)/b16-10+/t12-,13-,14-,15-,17+,18+/m0/s1. The molecule has 4 amide bonds. The highest BCUT2D eigenvalue weighted by atomic mass is 32.2. The molecule has 3 saturated heterocycles. The molecular formula is C25H34F6N4O6S. The van der Waals surface area contributed by atoms with E-state index in [2.05, 4.69) is 10.6 Å². The Hall–Kier alpha value is -2.85. The summed E-state index contributed by atoms with van der Waals surface area (Å²) in [7, 11) is -4.38. The number of nitrogens with zero attached hydrogens (tertiary/aromatic N) is 1. The molecule has 3 aliphatic heterocycles. The summed E-state index contributed by atoms with van der Waals surface area (Å²) in [4.78, 5) is 52.0. The SMILES string of the molecule is CC(C)(C)[C@H](NC(=O)C(F)(F)F)C(=O)N1[C@H]2CC[C@@H]([C@@H]1C(=O)N[C@H](/C=C(\F)S(C)(=O)=O)C[C@@H]1CCNC1=O)C(F)(F)C2. The number of carbonyl (C=O) groups is 4. The van der Waals surface area contributed by atoms with Gasteiger partial charge in [-0.05, 0) is 37.2 Å². The lowest BCUT2D eigenvalue weighted by Gasteiger charge is -2.55. The minimum absolute atomic E-state index is 0.00808. The van der Waals surface area contributed by atoms with Gasteiger partial charge in [-0.3, -0.25) is 19.2 Å². The zero-order valence-electron chi connectivity index (χ0n) is 23.4. The Labute approximate surface area is 238 Å². The van der Waals surface area contributed by atoms with Crippen molar-refractivity contribution in [3.63, 3.8) is 0 Å². The predicted octanol–water partition coefficient (Wildman–Crippen LogP) is 1.96. The zero-order chi connectivity index (χ0) is 32.0. The molecule has 6 atom stereocenters. The normalized spacial score (nSPS) is 27.7. The van der Waals surface area contributed by atoms with E-state index in [0.717, 1.165) is 4.90 Å². The number of amides is 4. The first-order valence-corrected chi connectivity index (χ1v) is 15.2. The molecule has 0 aromatic heterocycles. The Kier molecular flexibility index (Phi) is 9.36. The smallest absolute Gasteiger partial charge is 0.356 e. The van der Waals surface area contributed by atoms with Crippen molar-refractivity contribution in [1.29, 1.82) is 0 Å². The van der Waals surface area contributed by atoms with Crippen molar-refractivity contribution in [3.05, 3.63) is 11.2 Å². The molecule has 0 aromatic rings. The molecule has 4 aliphatic rings. The molecule has 0 unspecified atom stereocenters. The second-order valence-corrected chi connectivity index (χ2v) is 14.1. The van der Waals surface area contributed by atoms with Crippen molar-refractivity contribution >= 4 is 33.5 Å². The van der Waals surface area contributed by atoms with Gasteiger partial charge < -0.3 is 20.9 Å². The minimum atomic E-state index is -5.36. The highest BCUT2D eigenvalue weighted by Gasteiger charge is 2.61. The molecule has 2 bridgehead atoms. The van der Waals surface area contributed by atoms with Gasteiger partial charge in [-0.25, -0.2) is 17.2 Å². The summed E-state index contributed by atoms with van der Waals surface area (Å²) in [6.07, 6.45) is -5.38. The molecule has 238 valence electrons. The molecule has 0 radical (unpaired) electrons. The van der Waals surface area contributed by atoms with E-state index in [1.807, 2.05) is 0 Å². The Morgan fingerprint density at radius 3 is 2.21 bits per heavy atom. The van der Waals surface area contributed by atoms with E-state index in [1.165, 1.54) is 20.8 Å². The summed E-state index contributed by atoms with van der Waals surface area (Å²) < 4.78 is 107. The summed E-state index contributed by atoms with van der Waals surface area (Å²) in [6.45, 7) is 4.31. The first kappa shape index (κ1) is 33.6. The third-order valence-electron chi connectivity index (χ3n) is 7.82. The Bertz CT molecular complexity index is 1250. The van der Waals surface area contributed by atoms with Gasteiger partial charge in [0.05, 0.1) is 12.0 Å². The molecule has 0 spiro atoms. The largest absolute Gasteiger partial charge is 0.471 e. The van der Waals surface area contributed by atoms with E-state index in [1.54, 1.807) is 5.32 Å². The average Bonchev–Trinajstić information content (AvgIpc) is 3.22. The van der Waals surface area contributed by atoms with Gasteiger partial charge in [0.15, 0.2) is 0 Å². The maximum absolute atomic E-state index is 15.1. The maximum atomic E-state index is 15.1. The lowest BCUT2D eigenvalue weighted by molar-refractivity contribution is -0.197. The Morgan fingerprint density at radius 1 is 1.12 bits per heavy atom. The van der Waals surface area contributed by atoms with Crippen LogP contribution in [0.15, 0.2) is 11.2 Å². The van der Waals surface area contributed by atoms with Gasteiger partial charge in [-0.15, -0.1) is 0 Å². The van der Waals surface area contributed by atoms with Crippen LogP contribution in [-0.2, 0) is 29.0 Å². The fraction of sp³-hybridized carbons (Fsp3) is 0.760. The molecule has 0 aromatic carbocycles. The predicted molar refractivity (Wildman–Crippen MR) is 136 cm³/mol. The molecule has 4 fully saturated rings. The van der Waals surface area contributed by atoms with Gasteiger partial charge in [0.2, 0.25) is 32.7 Å². The molecule has 1 aliphatic carbocycles. The number of sulfone groups is 1. The fourth-order valence-corrected chi connectivity index (χ4v) is 6.14. The number of alkyl halides is 5. The van der Waals surface area contributed by atoms with E-state index < -0.39 is 98.6 Å².